The fourth-order valence-corrected chi connectivity index (χ4v) is 6.51. The highest BCUT2D eigenvalue weighted by Gasteiger charge is 2.41. The van der Waals surface area contributed by atoms with Crippen LogP contribution in [0, 0.1) is 6.92 Å². The smallest absolute Gasteiger partial charge is 0.205 e. The molecule has 0 N–H and O–H groups in total. The van der Waals surface area contributed by atoms with Crippen molar-refractivity contribution in [3.05, 3.63) is 192 Å². The van der Waals surface area contributed by atoms with Gasteiger partial charge in [0.15, 0.2) is 5.54 Å². The van der Waals surface area contributed by atoms with E-state index in [2.05, 4.69) is 119 Å². The Hall–Kier alpha value is -6.47. The predicted molar refractivity (Wildman–Crippen MR) is 192 cm³/mol. The summed E-state index contributed by atoms with van der Waals surface area (Å²) in [6, 6.07) is 51.6. The second-order valence-electron chi connectivity index (χ2n) is 11.9. The molecular weight excluding hydrogens is 605 g/mol. The molecule has 0 saturated carbocycles. The maximum absolute atomic E-state index is 6.27. The van der Waals surface area contributed by atoms with Crippen LogP contribution in [0.5, 0.6) is 5.75 Å². The summed E-state index contributed by atoms with van der Waals surface area (Å²) in [6.45, 7) is 2.39. The first-order valence-corrected chi connectivity index (χ1v) is 16.2. The van der Waals surface area contributed by atoms with Crippen LogP contribution in [0.1, 0.15) is 27.9 Å². The number of tetrazole rings is 1. The Balaban J connectivity index is 1.15. The van der Waals surface area contributed by atoms with Crippen LogP contribution in [0.4, 0.5) is 0 Å². The third kappa shape index (κ3) is 5.61. The lowest BCUT2D eigenvalue weighted by Gasteiger charge is -2.34. The zero-order valence-corrected chi connectivity index (χ0v) is 26.9. The predicted octanol–water partition coefficient (Wildman–Crippen LogP) is 8.68. The Morgan fingerprint density at radius 2 is 1.24 bits per heavy atom. The monoisotopic (exact) mass is 636 g/mol. The molecule has 0 spiro atoms. The molecule has 8 rings (SSSR count). The van der Waals surface area contributed by atoms with Crippen molar-refractivity contribution < 1.29 is 4.74 Å². The average molecular weight is 637 g/mol. The van der Waals surface area contributed by atoms with Crippen molar-refractivity contribution in [2.75, 3.05) is 0 Å². The second-order valence-corrected chi connectivity index (χ2v) is 11.9. The highest BCUT2D eigenvalue weighted by atomic mass is 16.5. The molecule has 49 heavy (non-hydrogen) atoms. The summed E-state index contributed by atoms with van der Waals surface area (Å²) >= 11 is 0. The van der Waals surface area contributed by atoms with E-state index in [4.69, 9.17) is 20.1 Å². The molecule has 7 nitrogen and oxygen atoms in total. The van der Waals surface area contributed by atoms with Crippen LogP contribution in [-0.4, -0.2) is 30.2 Å². The minimum absolute atomic E-state index is 0.430. The summed E-state index contributed by atoms with van der Waals surface area (Å²) in [6.07, 6.45) is 3.52. The number of pyridine rings is 2. The third-order valence-corrected chi connectivity index (χ3v) is 8.82. The van der Waals surface area contributed by atoms with E-state index in [0.29, 0.717) is 12.4 Å². The van der Waals surface area contributed by atoms with Gasteiger partial charge in [-0.3, -0.25) is 9.97 Å². The number of rotatable bonds is 9. The maximum Gasteiger partial charge on any atom is 0.205 e. The molecular formula is C42H32N6O. The minimum Gasteiger partial charge on any atom is -0.488 e. The molecule has 0 aliphatic carbocycles. The molecule has 3 heterocycles. The lowest BCUT2D eigenvalue weighted by Crippen LogP contribution is -2.39. The van der Waals surface area contributed by atoms with Gasteiger partial charge in [0.1, 0.15) is 12.4 Å². The topological polar surface area (TPSA) is 78.6 Å². The van der Waals surface area contributed by atoms with Crippen molar-refractivity contribution in [3.8, 4) is 28.3 Å². The molecule has 0 aliphatic heterocycles. The summed E-state index contributed by atoms with van der Waals surface area (Å²) in [7, 11) is 0. The lowest BCUT2D eigenvalue weighted by atomic mass is 9.77. The Labute approximate surface area is 284 Å². The normalized spacial score (nSPS) is 11.4. The largest absolute Gasteiger partial charge is 0.488 e. The molecule has 0 saturated heterocycles. The Bertz CT molecular complexity index is 2240. The van der Waals surface area contributed by atoms with Crippen molar-refractivity contribution in [1.82, 2.24) is 30.2 Å². The number of fused-ring (bicyclic) bond motifs is 1. The lowest BCUT2D eigenvalue weighted by molar-refractivity contribution is 0.309. The summed E-state index contributed by atoms with van der Waals surface area (Å²) in [4.78, 5) is 10.5. The number of hydrogen-bond acceptors (Lipinski definition) is 6. The van der Waals surface area contributed by atoms with E-state index < -0.39 is 5.54 Å². The molecule has 5 aromatic carbocycles. The molecule has 0 amide bonds. The van der Waals surface area contributed by atoms with Crippen LogP contribution in [0.2, 0.25) is 0 Å². The molecule has 0 fully saturated rings. The van der Waals surface area contributed by atoms with Crippen LogP contribution in [0.15, 0.2) is 164 Å². The van der Waals surface area contributed by atoms with Gasteiger partial charge in [-0.2, -0.15) is 0 Å². The molecule has 0 unspecified atom stereocenters. The van der Waals surface area contributed by atoms with Gasteiger partial charge in [-0.25, -0.2) is 0 Å². The molecule has 0 bridgehead atoms. The van der Waals surface area contributed by atoms with Gasteiger partial charge in [0, 0.05) is 28.9 Å². The number of benzene rings is 5. The van der Waals surface area contributed by atoms with Crippen LogP contribution >= 0.6 is 0 Å². The van der Waals surface area contributed by atoms with Crippen LogP contribution in [0.3, 0.4) is 0 Å². The molecule has 0 aliphatic rings. The zero-order chi connectivity index (χ0) is 33.0. The Morgan fingerprint density at radius 1 is 0.653 bits per heavy atom. The summed E-state index contributed by atoms with van der Waals surface area (Å²) in [5.41, 5.74) is 7.99. The number of ether oxygens (including phenoxy) is 1. The van der Waals surface area contributed by atoms with Gasteiger partial charge in [0.25, 0.3) is 0 Å². The van der Waals surface area contributed by atoms with Crippen LogP contribution < -0.4 is 4.74 Å². The van der Waals surface area contributed by atoms with Gasteiger partial charge in [-0.05, 0) is 51.6 Å². The quantitative estimate of drug-likeness (QED) is 0.148. The first kappa shape index (κ1) is 29.9. The van der Waals surface area contributed by atoms with E-state index in [1.165, 1.54) is 0 Å². The summed E-state index contributed by atoms with van der Waals surface area (Å²) in [5.74, 6) is 1.34. The van der Waals surface area contributed by atoms with Crippen molar-refractivity contribution in [1.29, 1.82) is 0 Å². The van der Waals surface area contributed by atoms with Crippen molar-refractivity contribution >= 4 is 10.9 Å². The van der Waals surface area contributed by atoms with E-state index in [-0.39, 0.29) is 0 Å². The summed E-state index contributed by atoms with van der Waals surface area (Å²) in [5, 5.41) is 15.5. The Morgan fingerprint density at radius 3 is 1.88 bits per heavy atom. The second kappa shape index (κ2) is 13.0. The van der Waals surface area contributed by atoms with Crippen molar-refractivity contribution in [3.63, 3.8) is 0 Å². The third-order valence-electron chi connectivity index (χ3n) is 8.82. The van der Waals surface area contributed by atoms with Gasteiger partial charge < -0.3 is 4.74 Å². The average Bonchev–Trinajstić information content (AvgIpc) is 3.66. The molecule has 7 heteroatoms. The standard InChI is InChI=1S/C42H32N6O/c1-30-27-40(38-25-26-43-28-39(38)44-30)49-29-31-21-23-32(24-22-31)36-19-11-12-20-37(36)41-45-47-48(46-41)42(33-13-5-2-6-14-33,34-15-7-3-8-16-34)35-17-9-4-10-18-35/h2-28H,29H2,1H3. The number of nitrogens with zero attached hydrogens (tertiary/aromatic N) is 6. The SMILES string of the molecule is Cc1cc(OCc2ccc(-c3ccccc3-c3nnn(C(c4ccccc4)(c4ccccc4)c4ccccc4)n3)cc2)c2ccncc2n1. The van der Waals surface area contributed by atoms with E-state index in [1.807, 2.05) is 49.4 Å². The van der Waals surface area contributed by atoms with Crippen LogP contribution in [-0.2, 0) is 12.1 Å². The van der Waals surface area contributed by atoms with Gasteiger partial charge >= 0.3 is 0 Å². The molecule has 3 aromatic heterocycles. The van der Waals surface area contributed by atoms with Crippen molar-refractivity contribution in [2.45, 2.75) is 19.1 Å². The minimum atomic E-state index is -0.846. The fraction of sp³-hybridized carbons (Fsp3) is 0.0714. The van der Waals surface area contributed by atoms with Crippen LogP contribution in [0.25, 0.3) is 33.4 Å². The first-order valence-electron chi connectivity index (χ1n) is 16.2. The maximum atomic E-state index is 6.27. The summed E-state index contributed by atoms with van der Waals surface area (Å²) < 4.78 is 6.27. The van der Waals surface area contributed by atoms with Gasteiger partial charge in [-0.1, -0.05) is 140 Å². The van der Waals surface area contributed by atoms with Crippen molar-refractivity contribution in [2.24, 2.45) is 0 Å². The van der Waals surface area contributed by atoms with E-state index >= 15 is 0 Å². The first-order chi connectivity index (χ1) is 24.2. The number of aromatic nitrogens is 6. The molecule has 8 aromatic rings. The highest BCUT2D eigenvalue weighted by Crippen LogP contribution is 2.40. The number of aryl methyl sites for hydroxylation is 1. The fourth-order valence-electron chi connectivity index (χ4n) is 6.51. The number of hydrogen-bond donors (Lipinski definition) is 0. The highest BCUT2D eigenvalue weighted by molar-refractivity contribution is 5.84. The molecule has 0 atom stereocenters. The van der Waals surface area contributed by atoms with E-state index in [0.717, 1.165) is 61.3 Å². The zero-order valence-electron chi connectivity index (χ0n) is 26.9. The van der Waals surface area contributed by atoms with Gasteiger partial charge in [0.2, 0.25) is 5.82 Å². The molecule has 0 radical (unpaired) electrons. The van der Waals surface area contributed by atoms with E-state index in [9.17, 15) is 0 Å². The molecule has 236 valence electrons. The van der Waals surface area contributed by atoms with Gasteiger partial charge in [0.05, 0.1) is 11.7 Å². The van der Waals surface area contributed by atoms with Gasteiger partial charge in [-0.15, -0.1) is 15.0 Å². The van der Waals surface area contributed by atoms with E-state index in [1.54, 1.807) is 17.2 Å². The Kier molecular flexibility index (Phi) is 7.91.